The summed E-state index contributed by atoms with van der Waals surface area (Å²) in [6.45, 7) is 0. The molecule has 0 amide bonds. The first-order chi connectivity index (χ1) is 8.29. The highest BCUT2D eigenvalue weighted by Crippen LogP contribution is 2.29. The third-order valence-electron chi connectivity index (χ3n) is 2.16. The van der Waals surface area contributed by atoms with Crippen molar-refractivity contribution in [1.29, 1.82) is 0 Å². The Kier molecular flexibility index (Phi) is 3.64. The summed E-state index contributed by atoms with van der Waals surface area (Å²) in [5.41, 5.74) is 0.996. The standard InChI is InChI=1S/C14H10ClNO/c1-2-4-11-6-7-13(15)14(9-11)17-12-5-3-8-16-10-12/h1,3,5-10H,4H2. The number of aromatic nitrogens is 1. The monoisotopic (exact) mass is 243 g/mol. The fourth-order valence-corrected chi connectivity index (χ4v) is 1.54. The van der Waals surface area contributed by atoms with Gasteiger partial charge in [-0.1, -0.05) is 17.7 Å². The van der Waals surface area contributed by atoms with Crippen LogP contribution in [0.3, 0.4) is 0 Å². The molecule has 0 atom stereocenters. The quantitative estimate of drug-likeness (QED) is 0.767. The third-order valence-corrected chi connectivity index (χ3v) is 2.48. The number of pyridine rings is 1. The van der Waals surface area contributed by atoms with Crippen molar-refractivity contribution >= 4 is 11.6 Å². The van der Waals surface area contributed by atoms with E-state index in [0.29, 0.717) is 22.9 Å². The van der Waals surface area contributed by atoms with Gasteiger partial charge in [0.1, 0.15) is 11.5 Å². The van der Waals surface area contributed by atoms with E-state index < -0.39 is 0 Å². The molecule has 0 radical (unpaired) electrons. The molecule has 0 aliphatic carbocycles. The van der Waals surface area contributed by atoms with Crippen LogP contribution >= 0.6 is 11.6 Å². The Hall–Kier alpha value is -1.98. The van der Waals surface area contributed by atoms with Gasteiger partial charge < -0.3 is 4.74 Å². The summed E-state index contributed by atoms with van der Waals surface area (Å²) in [5.74, 6) is 3.82. The van der Waals surface area contributed by atoms with Crippen molar-refractivity contribution in [3.8, 4) is 23.8 Å². The predicted octanol–water partition coefficient (Wildman–Crippen LogP) is 3.70. The molecule has 0 aliphatic rings. The maximum absolute atomic E-state index is 6.05. The Labute approximate surface area is 105 Å². The molecule has 3 heteroatoms. The van der Waals surface area contributed by atoms with Gasteiger partial charge in [-0.2, -0.15) is 0 Å². The van der Waals surface area contributed by atoms with Gasteiger partial charge in [0.15, 0.2) is 0 Å². The summed E-state index contributed by atoms with van der Waals surface area (Å²) in [7, 11) is 0. The summed E-state index contributed by atoms with van der Waals surface area (Å²) in [5, 5.41) is 0.551. The van der Waals surface area contributed by atoms with E-state index in [1.165, 1.54) is 0 Å². The van der Waals surface area contributed by atoms with Crippen molar-refractivity contribution in [2.75, 3.05) is 0 Å². The van der Waals surface area contributed by atoms with E-state index in [9.17, 15) is 0 Å². The lowest BCUT2D eigenvalue weighted by atomic mass is 10.1. The van der Waals surface area contributed by atoms with Crippen molar-refractivity contribution in [2.24, 2.45) is 0 Å². The molecule has 0 N–H and O–H groups in total. The van der Waals surface area contributed by atoms with Crippen LogP contribution in [0, 0.1) is 12.3 Å². The van der Waals surface area contributed by atoms with Gasteiger partial charge in [-0.05, 0) is 29.8 Å². The van der Waals surface area contributed by atoms with Crippen molar-refractivity contribution < 1.29 is 4.74 Å². The molecule has 17 heavy (non-hydrogen) atoms. The Morgan fingerprint density at radius 3 is 2.94 bits per heavy atom. The molecular formula is C14H10ClNO. The van der Waals surface area contributed by atoms with E-state index in [1.807, 2.05) is 18.2 Å². The van der Waals surface area contributed by atoms with E-state index >= 15 is 0 Å². The van der Waals surface area contributed by atoms with Crippen LogP contribution in [-0.4, -0.2) is 4.98 Å². The molecule has 0 fully saturated rings. The highest BCUT2D eigenvalue weighted by molar-refractivity contribution is 6.32. The van der Waals surface area contributed by atoms with Gasteiger partial charge in [0.2, 0.25) is 0 Å². The number of terminal acetylenes is 1. The van der Waals surface area contributed by atoms with E-state index in [2.05, 4.69) is 10.9 Å². The minimum absolute atomic E-state index is 0.551. The van der Waals surface area contributed by atoms with Gasteiger partial charge in [-0.15, -0.1) is 12.3 Å². The molecule has 0 aliphatic heterocycles. The van der Waals surface area contributed by atoms with Crippen LogP contribution < -0.4 is 4.74 Å². The largest absolute Gasteiger partial charge is 0.454 e. The van der Waals surface area contributed by atoms with Crippen molar-refractivity contribution in [1.82, 2.24) is 4.98 Å². The fourth-order valence-electron chi connectivity index (χ4n) is 1.39. The summed E-state index contributed by atoms with van der Waals surface area (Å²) in [6.07, 6.45) is 9.14. The van der Waals surface area contributed by atoms with Crippen LogP contribution in [0.15, 0.2) is 42.7 Å². The molecular weight excluding hydrogens is 234 g/mol. The van der Waals surface area contributed by atoms with E-state index in [0.717, 1.165) is 5.56 Å². The Morgan fingerprint density at radius 1 is 1.35 bits per heavy atom. The van der Waals surface area contributed by atoms with Gasteiger partial charge in [-0.3, -0.25) is 4.98 Å². The number of hydrogen-bond donors (Lipinski definition) is 0. The molecule has 1 aromatic heterocycles. The normalized spacial score (nSPS) is 9.65. The van der Waals surface area contributed by atoms with Gasteiger partial charge in [-0.25, -0.2) is 0 Å². The van der Waals surface area contributed by atoms with Crippen LogP contribution in [0.2, 0.25) is 5.02 Å². The van der Waals surface area contributed by atoms with Crippen molar-refractivity contribution in [3.63, 3.8) is 0 Å². The molecule has 2 rings (SSSR count). The second kappa shape index (κ2) is 5.38. The first-order valence-electron chi connectivity index (χ1n) is 5.09. The van der Waals surface area contributed by atoms with Crippen LogP contribution in [0.25, 0.3) is 0 Å². The number of benzene rings is 1. The predicted molar refractivity (Wildman–Crippen MR) is 68.3 cm³/mol. The summed E-state index contributed by atoms with van der Waals surface area (Å²) in [6, 6.07) is 9.12. The van der Waals surface area contributed by atoms with Crippen LogP contribution in [0.5, 0.6) is 11.5 Å². The number of ether oxygens (including phenoxy) is 1. The highest BCUT2D eigenvalue weighted by Gasteiger charge is 2.04. The number of halogens is 1. The van der Waals surface area contributed by atoms with Crippen molar-refractivity contribution in [3.05, 3.63) is 53.3 Å². The Bertz CT molecular complexity index is 546. The lowest BCUT2D eigenvalue weighted by Crippen LogP contribution is -1.88. The second-order valence-corrected chi connectivity index (χ2v) is 3.84. The first kappa shape index (κ1) is 11.5. The molecule has 2 aromatic rings. The summed E-state index contributed by atoms with van der Waals surface area (Å²) in [4.78, 5) is 3.97. The lowest BCUT2D eigenvalue weighted by Gasteiger charge is -2.08. The highest BCUT2D eigenvalue weighted by atomic mass is 35.5. The second-order valence-electron chi connectivity index (χ2n) is 3.44. The van der Waals surface area contributed by atoms with Crippen molar-refractivity contribution in [2.45, 2.75) is 6.42 Å². The minimum atomic E-state index is 0.551. The Balaban J connectivity index is 2.26. The zero-order chi connectivity index (χ0) is 12.1. The average Bonchev–Trinajstić information content (AvgIpc) is 2.35. The zero-order valence-electron chi connectivity index (χ0n) is 9.06. The zero-order valence-corrected chi connectivity index (χ0v) is 9.82. The average molecular weight is 244 g/mol. The van der Waals surface area contributed by atoms with Gasteiger partial charge >= 0.3 is 0 Å². The van der Waals surface area contributed by atoms with Crippen LogP contribution in [-0.2, 0) is 6.42 Å². The van der Waals surface area contributed by atoms with Gasteiger partial charge in [0, 0.05) is 12.6 Å². The maximum atomic E-state index is 6.05. The number of nitrogens with zero attached hydrogens (tertiary/aromatic N) is 1. The molecule has 1 heterocycles. The maximum Gasteiger partial charge on any atom is 0.146 e. The van der Waals surface area contributed by atoms with Crippen LogP contribution in [0.1, 0.15) is 5.56 Å². The molecule has 2 nitrogen and oxygen atoms in total. The number of hydrogen-bond acceptors (Lipinski definition) is 2. The molecule has 84 valence electrons. The fraction of sp³-hybridized carbons (Fsp3) is 0.0714. The molecule has 0 saturated carbocycles. The first-order valence-corrected chi connectivity index (χ1v) is 5.47. The lowest BCUT2D eigenvalue weighted by molar-refractivity contribution is 0.480. The SMILES string of the molecule is C#CCc1ccc(Cl)c(Oc2cccnc2)c1. The van der Waals surface area contributed by atoms with E-state index in [1.54, 1.807) is 24.5 Å². The Morgan fingerprint density at radius 2 is 2.24 bits per heavy atom. The van der Waals surface area contributed by atoms with Gasteiger partial charge in [0.05, 0.1) is 11.2 Å². The van der Waals surface area contributed by atoms with Gasteiger partial charge in [0.25, 0.3) is 0 Å². The molecule has 1 aromatic carbocycles. The number of rotatable bonds is 3. The molecule has 0 saturated heterocycles. The summed E-state index contributed by atoms with van der Waals surface area (Å²) < 4.78 is 5.63. The minimum Gasteiger partial charge on any atom is -0.454 e. The smallest absolute Gasteiger partial charge is 0.146 e. The summed E-state index contributed by atoms with van der Waals surface area (Å²) >= 11 is 6.05. The topological polar surface area (TPSA) is 22.1 Å². The van der Waals surface area contributed by atoms with Crippen LogP contribution in [0.4, 0.5) is 0 Å². The van der Waals surface area contributed by atoms with E-state index in [4.69, 9.17) is 22.8 Å². The third kappa shape index (κ3) is 2.99. The molecule has 0 unspecified atom stereocenters. The molecule has 0 bridgehead atoms. The molecule has 0 spiro atoms. The van der Waals surface area contributed by atoms with E-state index in [-0.39, 0.29) is 0 Å².